The SMILES string of the molecule is Oc1cc(-c2ncc3c(N4CC5CCC(C4)N5)nc(OC[C@@]45CCCN4[C@H]4CCC[C@@]4(F)C5)nc3c2F)c2c(F)cccc2c1. The van der Waals surface area contributed by atoms with E-state index in [1.807, 2.05) is 0 Å². The molecule has 0 spiro atoms. The number of pyridine rings is 1. The topological polar surface area (TPSA) is 86.6 Å². The number of piperazine rings is 1. The van der Waals surface area contributed by atoms with Crippen molar-refractivity contribution < 1.29 is 23.0 Å². The second kappa shape index (κ2) is 9.90. The maximum Gasteiger partial charge on any atom is 0.319 e. The molecule has 8 nitrogen and oxygen atoms in total. The summed E-state index contributed by atoms with van der Waals surface area (Å²) in [6.07, 6.45) is 8.29. The smallest absolute Gasteiger partial charge is 0.319 e. The minimum absolute atomic E-state index is 0.0183. The minimum Gasteiger partial charge on any atom is -0.508 e. The van der Waals surface area contributed by atoms with Crippen LogP contribution in [-0.4, -0.2) is 80.5 Å². The van der Waals surface area contributed by atoms with Gasteiger partial charge in [-0.05, 0) is 75.1 Å². The lowest BCUT2D eigenvalue weighted by Crippen LogP contribution is -2.51. The first kappa shape index (κ1) is 27.6. The highest BCUT2D eigenvalue weighted by atomic mass is 19.1. The number of rotatable bonds is 5. The Kier molecular flexibility index (Phi) is 6.07. The highest BCUT2D eigenvalue weighted by molar-refractivity contribution is 6.00. The highest BCUT2D eigenvalue weighted by Gasteiger charge is 2.63. The normalized spacial score (nSPS) is 30.8. The molecule has 1 saturated carbocycles. The van der Waals surface area contributed by atoms with Gasteiger partial charge in [0.05, 0.1) is 10.9 Å². The van der Waals surface area contributed by atoms with Crippen LogP contribution in [0.1, 0.15) is 51.4 Å². The number of alkyl halides is 1. The molecule has 1 aliphatic carbocycles. The molecule has 2 aromatic heterocycles. The standard InChI is InChI=1S/C34H35F3N6O2/c35-25-5-1-4-19-12-22(44)13-23(27(19)25)29-28(36)30-24(14-38-29)31(42-15-20-7-8-21(16-42)39-20)41-32(40-30)45-18-33-9-3-11-43(33)26-6-2-10-34(26,37)17-33/h1,4-5,12-14,20-21,26,39,44H,2-3,6-11,15-18H2/t20?,21?,26-,33-,34+/m0/s1. The van der Waals surface area contributed by atoms with Gasteiger partial charge in [0.1, 0.15) is 40.9 Å². The molecule has 5 atom stereocenters. The Morgan fingerprint density at radius 3 is 2.73 bits per heavy atom. The van der Waals surface area contributed by atoms with Crippen LogP contribution >= 0.6 is 0 Å². The van der Waals surface area contributed by atoms with Crippen molar-refractivity contribution in [2.24, 2.45) is 0 Å². The first-order valence-corrected chi connectivity index (χ1v) is 16.2. The van der Waals surface area contributed by atoms with Crippen molar-refractivity contribution in [3.63, 3.8) is 0 Å². The van der Waals surface area contributed by atoms with E-state index >= 15 is 13.2 Å². The van der Waals surface area contributed by atoms with E-state index in [1.165, 1.54) is 24.4 Å². The van der Waals surface area contributed by atoms with E-state index in [4.69, 9.17) is 9.72 Å². The van der Waals surface area contributed by atoms with Crippen molar-refractivity contribution in [1.82, 2.24) is 25.2 Å². The number of aromatic nitrogens is 3. The van der Waals surface area contributed by atoms with Crippen molar-refractivity contribution in [2.45, 2.75) is 80.7 Å². The van der Waals surface area contributed by atoms with Gasteiger partial charge >= 0.3 is 6.01 Å². The van der Waals surface area contributed by atoms with E-state index in [9.17, 15) is 5.11 Å². The summed E-state index contributed by atoms with van der Waals surface area (Å²) in [7, 11) is 0. The molecule has 234 valence electrons. The van der Waals surface area contributed by atoms with Crippen LogP contribution in [0, 0.1) is 11.6 Å². The molecule has 45 heavy (non-hydrogen) atoms. The summed E-state index contributed by atoms with van der Waals surface area (Å²) in [4.78, 5) is 18.4. The molecule has 0 amide bonds. The largest absolute Gasteiger partial charge is 0.508 e. The number of nitrogens with one attached hydrogen (secondary N) is 1. The zero-order valence-electron chi connectivity index (χ0n) is 24.9. The summed E-state index contributed by atoms with van der Waals surface area (Å²) in [5.41, 5.74) is -1.58. The van der Waals surface area contributed by atoms with Crippen LogP contribution in [-0.2, 0) is 0 Å². The monoisotopic (exact) mass is 616 g/mol. The predicted molar refractivity (Wildman–Crippen MR) is 164 cm³/mol. The number of fused-ring (bicyclic) bond motifs is 7. The summed E-state index contributed by atoms with van der Waals surface area (Å²) < 4.78 is 54.1. The molecule has 5 aliphatic rings. The third kappa shape index (κ3) is 4.22. The van der Waals surface area contributed by atoms with Crippen molar-refractivity contribution in [3.05, 3.63) is 48.2 Å². The van der Waals surface area contributed by atoms with Gasteiger partial charge < -0.3 is 20.1 Å². The van der Waals surface area contributed by atoms with Gasteiger partial charge in [-0.1, -0.05) is 12.1 Å². The molecule has 6 heterocycles. The number of halogens is 3. The van der Waals surface area contributed by atoms with E-state index < -0.39 is 22.8 Å². The van der Waals surface area contributed by atoms with E-state index in [1.54, 1.807) is 12.1 Å². The molecule has 2 bridgehead atoms. The van der Waals surface area contributed by atoms with Crippen molar-refractivity contribution in [1.29, 1.82) is 0 Å². The second-order valence-electron chi connectivity index (χ2n) is 13.8. The third-order valence-corrected chi connectivity index (χ3v) is 11.1. The molecular formula is C34H35F3N6O2. The van der Waals surface area contributed by atoms with Gasteiger partial charge in [0, 0.05) is 54.8 Å². The minimum atomic E-state index is -1.19. The zero-order chi connectivity index (χ0) is 30.5. The summed E-state index contributed by atoms with van der Waals surface area (Å²) >= 11 is 0. The Hall–Kier alpha value is -3.70. The van der Waals surface area contributed by atoms with Crippen LogP contribution in [0.5, 0.6) is 11.8 Å². The summed E-state index contributed by atoms with van der Waals surface area (Å²) in [6.45, 7) is 2.50. The van der Waals surface area contributed by atoms with Crippen LogP contribution in [0.4, 0.5) is 19.0 Å². The lowest BCUT2D eigenvalue weighted by atomic mass is 9.88. The molecular weight excluding hydrogens is 581 g/mol. The molecule has 11 heteroatoms. The number of hydrogen-bond acceptors (Lipinski definition) is 8. The second-order valence-corrected chi connectivity index (χ2v) is 13.8. The van der Waals surface area contributed by atoms with Crippen molar-refractivity contribution >= 4 is 27.5 Å². The van der Waals surface area contributed by atoms with Gasteiger partial charge in [-0.15, -0.1) is 0 Å². The lowest BCUT2D eigenvalue weighted by Gasteiger charge is -2.35. The maximum atomic E-state index is 16.7. The first-order chi connectivity index (χ1) is 21.8. The summed E-state index contributed by atoms with van der Waals surface area (Å²) in [5.74, 6) is -0.863. The third-order valence-electron chi connectivity index (χ3n) is 11.1. The van der Waals surface area contributed by atoms with Gasteiger partial charge in [0.25, 0.3) is 0 Å². The average molecular weight is 617 g/mol. The molecule has 4 aromatic rings. The number of phenols is 1. The van der Waals surface area contributed by atoms with E-state index in [0.717, 1.165) is 45.1 Å². The highest BCUT2D eigenvalue weighted by Crippen LogP contribution is 2.55. The maximum absolute atomic E-state index is 16.7. The van der Waals surface area contributed by atoms with Crippen LogP contribution in [0.2, 0.25) is 0 Å². The number of anilines is 1. The van der Waals surface area contributed by atoms with Crippen molar-refractivity contribution in [3.8, 4) is 23.0 Å². The van der Waals surface area contributed by atoms with Crippen LogP contribution < -0.4 is 15.0 Å². The molecule has 4 saturated heterocycles. The Morgan fingerprint density at radius 2 is 1.89 bits per heavy atom. The Labute approximate surface area is 258 Å². The Bertz CT molecular complexity index is 1850. The van der Waals surface area contributed by atoms with Crippen LogP contribution in [0.15, 0.2) is 36.5 Å². The fourth-order valence-electron chi connectivity index (χ4n) is 9.28. The molecule has 4 aliphatic heterocycles. The van der Waals surface area contributed by atoms with Crippen molar-refractivity contribution in [2.75, 3.05) is 31.1 Å². The molecule has 2 aromatic carbocycles. The van der Waals surface area contributed by atoms with Gasteiger partial charge in [0.15, 0.2) is 5.82 Å². The van der Waals surface area contributed by atoms with Gasteiger partial charge in [-0.25, -0.2) is 13.2 Å². The Morgan fingerprint density at radius 1 is 1.04 bits per heavy atom. The van der Waals surface area contributed by atoms with Gasteiger partial charge in [-0.2, -0.15) is 9.97 Å². The number of benzene rings is 2. The summed E-state index contributed by atoms with van der Waals surface area (Å²) in [6, 6.07) is 7.86. The zero-order valence-corrected chi connectivity index (χ0v) is 24.9. The number of phenolic OH excluding ortho intramolecular Hbond substituents is 1. The molecule has 2 unspecified atom stereocenters. The van der Waals surface area contributed by atoms with Crippen LogP contribution in [0.3, 0.4) is 0 Å². The molecule has 5 fully saturated rings. The fourth-order valence-corrected chi connectivity index (χ4v) is 9.28. The number of aromatic hydroxyl groups is 1. The number of ether oxygens (including phenoxy) is 1. The molecule has 2 N–H and O–H groups in total. The Balaban J connectivity index is 1.15. The first-order valence-electron chi connectivity index (χ1n) is 16.2. The molecule has 9 rings (SSSR count). The van der Waals surface area contributed by atoms with E-state index in [0.29, 0.717) is 54.6 Å². The fraction of sp³-hybridized carbons (Fsp3) is 0.500. The van der Waals surface area contributed by atoms with Gasteiger partial charge in [-0.3, -0.25) is 9.88 Å². The average Bonchev–Trinajstić information content (AvgIpc) is 3.74. The van der Waals surface area contributed by atoms with E-state index in [-0.39, 0.29) is 46.6 Å². The number of nitrogens with zero attached hydrogens (tertiary/aromatic N) is 5. The molecule has 0 radical (unpaired) electrons. The van der Waals surface area contributed by atoms with Crippen LogP contribution in [0.25, 0.3) is 32.9 Å². The quantitative estimate of drug-likeness (QED) is 0.298. The lowest BCUT2D eigenvalue weighted by molar-refractivity contribution is 0.0811. The summed E-state index contributed by atoms with van der Waals surface area (Å²) in [5, 5.41) is 15.1. The van der Waals surface area contributed by atoms with E-state index in [2.05, 4.69) is 25.1 Å². The number of hydrogen-bond donors (Lipinski definition) is 2. The van der Waals surface area contributed by atoms with Gasteiger partial charge in [0.2, 0.25) is 0 Å². The predicted octanol–water partition coefficient (Wildman–Crippen LogP) is 5.65.